The summed E-state index contributed by atoms with van der Waals surface area (Å²) in [5, 5.41) is 0.501. The van der Waals surface area contributed by atoms with Crippen LogP contribution in [0.4, 0.5) is 0 Å². The SMILES string of the molecule is CC1CCCCC1NS(=O)(=O)c1cc(CN)c(Cl)cc1Cl. The topological polar surface area (TPSA) is 72.2 Å². The summed E-state index contributed by atoms with van der Waals surface area (Å²) in [5.41, 5.74) is 6.14. The standard InChI is InChI=1S/C14H20Cl2N2O2S/c1-9-4-2-3-5-13(9)18-21(19,20)14-6-10(8-17)11(15)7-12(14)16/h6-7,9,13,18H,2-5,8,17H2,1H3. The van der Waals surface area contributed by atoms with Crippen molar-refractivity contribution in [2.45, 2.75) is 50.1 Å². The third kappa shape index (κ3) is 3.90. The minimum Gasteiger partial charge on any atom is -0.326 e. The molecule has 1 aromatic carbocycles. The molecule has 7 heteroatoms. The van der Waals surface area contributed by atoms with Crippen molar-refractivity contribution < 1.29 is 8.42 Å². The Hall–Kier alpha value is -0.330. The monoisotopic (exact) mass is 350 g/mol. The van der Waals surface area contributed by atoms with E-state index < -0.39 is 10.0 Å². The number of hydrogen-bond acceptors (Lipinski definition) is 3. The minimum atomic E-state index is -3.67. The summed E-state index contributed by atoms with van der Waals surface area (Å²) in [7, 11) is -3.67. The Morgan fingerprint density at radius 1 is 1.24 bits per heavy atom. The molecule has 0 bridgehead atoms. The van der Waals surface area contributed by atoms with Gasteiger partial charge in [-0.05, 0) is 36.5 Å². The predicted octanol–water partition coefficient (Wildman–Crippen LogP) is 3.31. The molecular formula is C14H20Cl2N2O2S. The zero-order chi connectivity index (χ0) is 15.6. The largest absolute Gasteiger partial charge is 0.326 e. The van der Waals surface area contributed by atoms with Crippen molar-refractivity contribution in [1.29, 1.82) is 0 Å². The first-order valence-electron chi connectivity index (χ1n) is 7.05. The van der Waals surface area contributed by atoms with Gasteiger partial charge < -0.3 is 5.73 Å². The fourth-order valence-corrected chi connectivity index (χ4v) is 4.94. The van der Waals surface area contributed by atoms with Gasteiger partial charge in [0.15, 0.2) is 0 Å². The minimum absolute atomic E-state index is 0.0446. The van der Waals surface area contributed by atoms with Gasteiger partial charge in [-0.25, -0.2) is 13.1 Å². The highest BCUT2D eigenvalue weighted by Crippen LogP contribution is 2.30. The molecule has 2 unspecified atom stereocenters. The molecule has 4 nitrogen and oxygen atoms in total. The molecule has 0 amide bonds. The number of benzene rings is 1. The zero-order valence-electron chi connectivity index (χ0n) is 11.9. The lowest BCUT2D eigenvalue weighted by Gasteiger charge is -2.29. The van der Waals surface area contributed by atoms with Gasteiger partial charge in [-0.15, -0.1) is 0 Å². The van der Waals surface area contributed by atoms with Gasteiger partial charge in [0.25, 0.3) is 0 Å². The van der Waals surface area contributed by atoms with Crippen molar-refractivity contribution in [3.63, 3.8) is 0 Å². The van der Waals surface area contributed by atoms with Crippen molar-refractivity contribution in [3.8, 4) is 0 Å². The van der Waals surface area contributed by atoms with E-state index in [-0.39, 0.29) is 22.5 Å². The predicted molar refractivity (Wildman–Crippen MR) is 86.1 cm³/mol. The summed E-state index contributed by atoms with van der Waals surface area (Å²) in [4.78, 5) is 0.0480. The molecule has 2 rings (SSSR count). The van der Waals surface area contributed by atoms with Crippen LogP contribution in [-0.4, -0.2) is 14.5 Å². The van der Waals surface area contributed by atoms with Gasteiger partial charge in [-0.3, -0.25) is 0 Å². The fraction of sp³-hybridized carbons (Fsp3) is 0.571. The van der Waals surface area contributed by atoms with E-state index in [1.807, 2.05) is 0 Å². The average Bonchev–Trinajstić information content (AvgIpc) is 2.41. The van der Waals surface area contributed by atoms with E-state index in [1.54, 1.807) is 0 Å². The Morgan fingerprint density at radius 2 is 1.90 bits per heavy atom. The number of nitrogens with two attached hydrogens (primary N) is 1. The van der Waals surface area contributed by atoms with E-state index in [9.17, 15) is 8.42 Å². The second-order valence-electron chi connectivity index (χ2n) is 5.57. The summed E-state index contributed by atoms with van der Waals surface area (Å²) >= 11 is 12.0. The van der Waals surface area contributed by atoms with Gasteiger partial charge in [0.1, 0.15) is 4.90 Å². The second-order valence-corrected chi connectivity index (χ2v) is 8.06. The van der Waals surface area contributed by atoms with Gasteiger partial charge in [0, 0.05) is 17.6 Å². The smallest absolute Gasteiger partial charge is 0.242 e. The number of rotatable bonds is 4. The van der Waals surface area contributed by atoms with Crippen LogP contribution < -0.4 is 10.5 Å². The normalized spacial score (nSPS) is 23.2. The first kappa shape index (κ1) is 17.0. The van der Waals surface area contributed by atoms with Crippen LogP contribution in [0.1, 0.15) is 38.2 Å². The van der Waals surface area contributed by atoms with Gasteiger partial charge in [0.2, 0.25) is 10.0 Å². The quantitative estimate of drug-likeness (QED) is 0.874. The van der Waals surface area contributed by atoms with E-state index in [4.69, 9.17) is 28.9 Å². The van der Waals surface area contributed by atoms with Gasteiger partial charge >= 0.3 is 0 Å². The summed E-state index contributed by atoms with van der Waals surface area (Å²) in [6.45, 7) is 2.24. The van der Waals surface area contributed by atoms with Crippen molar-refractivity contribution in [3.05, 3.63) is 27.7 Å². The maximum Gasteiger partial charge on any atom is 0.242 e. The highest BCUT2D eigenvalue weighted by atomic mass is 35.5. The van der Waals surface area contributed by atoms with Crippen LogP contribution in [0.5, 0.6) is 0 Å². The number of halogens is 2. The molecule has 0 aromatic heterocycles. The summed E-state index contributed by atoms with van der Waals surface area (Å²) in [5.74, 6) is 0.327. The Balaban J connectivity index is 2.31. The maximum atomic E-state index is 12.6. The van der Waals surface area contributed by atoms with Crippen LogP contribution >= 0.6 is 23.2 Å². The summed E-state index contributed by atoms with van der Waals surface area (Å²) in [6.07, 6.45) is 4.09. The number of sulfonamides is 1. The number of hydrogen-bond donors (Lipinski definition) is 2. The van der Waals surface area contributed by atoms with Crippen molar-refractivity contribution >= 4 is 33.2 Å². The summed E-state index contributed by atoms with van der Waals surface area (Å²) in [6, 6.07) is 2.85. The van der Waals surface area contributed by atoms with Gasteiger partial charge in [0.05, 0.1) is 5.02 Å². The third-order valence-corrected chi connectivity index (χ3v) is 6.33. The Morgan fingerprint density at radius 3 is 2.52 bits per heavy atom. The molecule has 1 aromatic rings. The molecule has 1 aliphatic rings. The molecule has 0 radical (unpaired) electrons. The molecular weight excluding hydrogens is 331 g/mol. The lowest BCUT2D eigenvalue weighted by molar-refractivity contribution is 0.310. The third-order valence-electron chi connectivity index (χ3n) is 4.03. The first-order valence-corrected chi connectivity index (χ1v) is 9.29. The lowest BCUT2D eigenvalue weighted by atomic mass is 9.87. The first-order chi connectivity index (χ1) is 9.85. The molecule has 1 fully saturated rings. The molecule has 118 valence electrons. The maximum absolute atomic E-state index is 12.6. The van der Waals surface area contributed by atoms with Crippen LogP contribution in [0.2, 0.25) is 10.0 Å². The molecule has 1 saturated carbocycles. The lowest BCUT2D eigenvalue weighted by Crippen LogP contribution is -2.41. The van der Waals surface area contributed by atoms with Crippen molar-refractivity contribution in [2.75, 3.05) is 0 Å². The molecule has 0 saturated heterocycles. The van der Waals surface area contributed by atoms with Crippen molar-refractivity contribution in [1.82, 2.24) is 4.72 Å². The van der Waals surface area contributed by atoms with E-state index in [0.717, 1.165) is 25.7 Å². The molecule has 1 aliphatic carbocycles. The molecule has 0 aliphatic heterocycles. The molecule has 0 spiro atoms. The van der Waals surface area contributed by atoms with Gasteiger partial charge in [-0.1, -0.05) is 43.0 Å². The molecule has 21 heavy (non-hydrogen) atoms. The van der Waals surface area contributed by atoms with Crippen LogP contribution in [0.15, 0.2) is 17.0 Å². The van der Waals surface area contributed by atoms with Crippen LogP contribution in [-0.2, 0) is 16.6 Å². The Kier molecular flexibility index (Phi) is 5.54. The Labute approximate surface area is 136 Å². The highest BCUT2D eigenvalue weighted by molar-refractivity contribution is 7.89. The van der Waals surface area contributed by atoms with Crippen LogP contribution in [0, 0.1) is 5.92 Å². The number of nitrogens with one attached hydrogen (secondary N) is 1. The van der Waals surface area contributed by atoms with E-state index >= 15 is 0 Å². The van der Waals surface area contributed by atoms with Crippen molar-refractivity contribution in [2.24, 2.45) is 11.7 Å². The highest BCUT2D eigenvalue weighted by Gasteiger charge is 2.28. The summed E-state index contributed by atoms with van der Waals surface area (Å²) < 4.78 is 27.9. The van der Waals surface area contributed by atoms with Crippen LogP contribution in [0.25, 0.3) is 0 Å². The second kappa shape index (κ2) is 6.84. The zero-order valence-corrected chi connectivity index (χ0v) is 14.2. The van der Waals surface area contributed by atoms with E-state index in [1.165, 1.54) is 12.1 Å². The fourth-order valence-electron chi connectivity index (χ4n) is 2.69. The van der Waals surface area contributed by atoms with Gasteiger partial charge in [-0.2, -0.15) is 0 Å². The van der Waals surface area contributed by atoms with Crippen LogP contribution in [0.3, 0.4) is 0 Å². The average molecular weight is 351 g/mol. The molecule has 2 atom stereocenters. The molecule has 3 N–H and O–H groups in total. The molecule has 0 heterocycles. The van der Waals surface area contributed by atoms with E-state index in [0.29, 0.717) is 16.5 Å². The Bertz CT molecular complexity index is 620. The van der Waals surface area contributed by atoms with E-state index in [2.05, 4.69) is 11.6 Å².